The maximum absolute atomic E-state index is 11.8. The quantitative estimate of drug-likeness (QED) is 0.759. The van der Waals surface area contributed by atoms with Gasteiger partial charge in [0.15, 0.2) is 0 Å². The van der Waals surface area contributed by atoms with Crippen LogP contribution in [0.4, 0.5) is 0 Å². The van der Waals surface area contributed by atoms with Crippen LogP contribution in [0.2, 0.25) is 0 Å². The van der Waals surface area contributed by atoms with Crippen LogP contribution in [0, 0.1) is 5.92 Å². The molecule has 1 aromatic rings. The number of carboxylic acid groups (broad SMARTS) is 1. The molecule has 1 heterocycles. The van der Waals surface area contributed by atoms with Crippen molar-refractivity contribution in [2.45, 2.75) is 25.8 Å². The number of amides is 1. The van der Waals surface area contributed by atoms with Crippen LogP contribution in [-0.4, -0.2) is 30.1 Å². The molecule has 0 spiro atoms. The Morgan fingerprint density at radius 3 is 2.65 bits per heavy atom. The minimum atomic E-state index is -0.939. The number of carboxylic acids is 1. The van der Waals surface area contributed by atoms with Gasteiger partial charge >= 0.3 is 5.97 Å². The second-order valence-corrected chi connectivity index (χ2v) is 5.20. The zero-order valence-corrected chi connectivity index (χ0v) is 11.4. The number of carbonyl (C=O) groups is 2. The molecule has 1 unspecified atom stereocenters. The molecule has 0 aliphatic carbocycles. The molecule has 1 fully saturated rings. The van der Waals surface area contributed by atoms with Crippen molar-refractivity contribution < 1.29 is 14.7 Å². The number of hydrogen-bond acceptors (Lipinski definition) is 3. The Morgan fingerprint density at radius 1 is 1.30 bits per heavy atom. The van der Waals surface area contributed by atoms with E-state index < -0.39 is 5.97 Å². The molecule has 0 bridgehead atoms. The third-order valence-corrected chi connectivity index (χ3v) is 3.56. The molecule has 5 nitrogen and oxygen atoms in total. The summed E-state index contributed by atoms with van der Waals surface area (Å²) in [6, 6.07) is 6.56. The third-order valence-electron chi connectivity index (χ3n) is 3.56. The van der Waals surface area contributed by atoms with Crippen molar-refractivity contribution in [3.63, 3.8) is 0 Å². The lowest BCUT2D eigenvalue weighted by molar-refractivity contribution is -0.122. The van der Waals surface area contributed by atoms with E-state index >= 15 is 0 Å². The minimum absolute atomic E-state index is 0.0565. The summed E-state index contributed by atoms with van der Waals surface area (Å²) in [4.78, 5) is 22.6. The minimum Gasteiger partial charge on any atom is -0.478 e. The van der Waals surface area contributed by atoms with E-state index in [9.17, 15) is 9.59 Å². The highest BCUT2D eigenvalue weighted by molar-refractivity contribution is 5.87. The monoisotopic (exact) mass is 276 g/mol. The van der Waals surface area contributed by atoms with Crippen molar-refractivity contribution >= 4 is 11.9 Å². The molecule has 1 amide bonds. The Labute approximate surface area is 118 Å². The number of carbonyl (C=O) groups excluding carboxylic acids is 1. The zero-order chi connectivity index (χ0) is 14.4. The lowest BCUT2D eigenvalue weighted by Crippen LogP contribution is -2.34. The first kappa shape index (κ1) is 14.5. The van der Waals surface area contributed by atoms with Crippen molar-refractivity contribution in [2.75, 3.05) is 13.1 Å². The van der Waals surface area contributed by atoms with Crippen LogP contribution in [0.1, 0.15) is 35.2 Å². The molecular weight excluding hydrogens is 256 g/mol. The first-order valence-electron chi connectivity index (χ1n) is 6.95. The van der Waals surface area contributed by atoms with Gasteiger partial charge in [-0.3, -0.25) is 4.79 Å². The Kier molecular flexibility index (Phi) is 5.12. The van der Waals surface area contributed by atoms with E-state index in [-0.39, 0.29) is 11.5 Å². The maximum Gasteiger partial charge on any atom is 0.335 e. The maximum atomic E-state index is 11.8. The summed E-state index contributed by atoms with van der Waals surface area (Å²) >= 11 is 0. The molecule has 20 heavy (non-hydrogen) atoms. The van der Waals surface area contributed by atoms with Crippen molar-refractivity contribution in [1.29, 1.82) is 0 Å². The standard InChI is InChI=1S/C15H20N2O3/c18-14(8-12-2-1-7-16-9-12)17-10-11-3-5-13(6-4-11)15(19)20/h3-6,12,16H,1-2,7-10H2,(H,17,18)(H,19,20). The molecule has 1 saturated heterocycles. The average molecular weight is 276 g/mol. The molecule has 1 aliphatic rings. The molecule has 1 atom stereocenters. The van der Waals surface area contributed by atoms with E-state index in [1.54, 1.807) is 24.3 Å². The van der Waals surface area contributed by atoms with E-state index in [1.165, 1.54) is 0 Å². The predicted molar refractivity (Wildman–Crippen MR) is 75.5 cm³/mol. The largest absolute Gasteiger partial charge is 0.478 e. The summed E-state index contributed by atoms with van der Waals surface area (Å²) in [5, 5.41) is 15.0. The van der Waals surface area contributed by atoms with Crippen LogP contribution in [-0.2, 0) is 11.3 Å². The van der Waals surface area contributed by atoms with Gasteiger partial charge in [0.2, 0.25) is 5.91 Å². The summed E-state index contributed by atoms with van der Waals surface area (Å²) in [5.74, 6) is -0.454. The van der Waals surface area contributed by atoms with Crippen LogP contribution in [0.5, 0.6) is 0 Å². The second-order valence-electron chi connectivity index (χ2n) is 5.20. The highest BCUT2D eigenvalue weighted by Crippen LogP contribution is 2.13. The summed E-state index contributed by atoms with van der Waals surface area (Å²) in [6.45, 7) is 2.41. The molecular formula is C15H20N2O3. The van der Waals surface area contributed by atoms with Gasteiger partial charge in [-0.05, 0) is 49.5 Å². The van der Waals surface area contributed by atoms with Crippen LogP contribution in [0.15, 0.2) is 24.3 Å². The van der Waals surface area contributed by atoms with Gasteiger partial charge in [-0.2, -0.15) is 0 Å². The Hall–Kier alpha value is -1.88. The fourth-order valence-electron chi connectivity index (χ4n) is 2.40. The number of rotatable bonds is 5. The smallest absolute Gasteiger partial charge is 0.335 e. The summed E-state index contributed by atoms with van der Waals surface area (Å²) in [6.07, 6.45) is 2.79. The Bertz CT molecular complexity index is 465. The number of piperidine rings is 1. The van der Waals surface area contributed by atoms with Crippen LogP contribution >= 0.6 is 0 Å². The van der Waals surface area contributed by atoms with Crippen LogP contribution in [0.3, 0.4) is 0 Å². The first-order chi connectivity index (χ1) is 9.65. The predicted octanol–water partition coefficient (Wildman–Crippen LogP) is 1.39. The third kappa shape index (κ3) is 4.35. The molecule has 3 N–H and O–H groups in total. The fourth-order valence-corrected chi connectivity index (χ4v) is 2.40. The molecule has 108 valence electrons. The number of aromatic carboxylic acids is 1. The van der Waals surface area contributed by atoms with Gasteiger partial charge in [0.05, 0.1) is 5.56 Å². The normalized spacial score (nSPS) is 18.5. The lowest BCUT2D eigenvalue weighted by atomic mass is 9.96. The Balaban J connectivity index is 1.76. The SMILES string of the molecule is O=C(CC1CCCNC1)NCc1ccc(C(=O)O)cc1. The zero-order valence-electron chi connectivity index (χ0n) is 11.4. The lowest BCUT2D eigenvalue weighted by Gasteiger charge is -2.22. The molecule has 2 rings (SSSR count). The topological polar surface area (TPSA) is 78.4 Å². The van der Waals surface area contributed by atoms with E-state index in [0.29, 0.717) is 18.9 Å². The first-order valence-corrected chi connectivity index (χ1v) is 6.95. The van der Waals surface area contributed by atoms with E-state index in [4.69, 9.17) is 5.11 Å². The second kappa shape index (κ2) is 7.05. The number of hydrogen-bond donors (Lipinski definition) is 3. The van der Waals surface area contributed by atoms with Gasteiger partial charge in [0, 0.05) is 13.0 Å². The average Bonchev–Trinajstić information content (AvgIpc) is 2.46. The van der Waals surface area contributed by atoms with Gasteiger partial charge < -0.3 is 15.7 Å². The molecule has 1 aliphatic heterocycles. The number of benzene rings is 1. The van der Waals surface area contributed by atoms with Gasteiger partial charge in [0.25, 0.3) is 0 Å². The Morgan fingerprint density at radius 2 is 2.05 bits per heavy atom. The summed E-state index contributed by atoms with van der Waals surface area (Å²) < 4.78 is 0. The van der Waals surface area contributed by atoms with Crippen LogP contribution in [0.25, 0.3) is 0 Å². The molecule has 0 radical (unpaired) electrons. The highest BCUT2D eigenvalue weighted by Gasteiger charge is 2.16. The number of nitrogens with one attached hydrogen (secondary N) is 2. The highest BCUT2D eigenvalue weighted by atomic mass is 16.4. The summed E-state index contributed by atoms with van der Waals surface area (Å²) in [5.41, 5.74) is 1.17. The van der Waals surface area contributed by atoms with E-state index in [2.05, 4.69) is 10.6 Å². The van der Waals surface area contributed by atoms with E-state index in [0.717, 1.165) is 31.5 Å². The molecule has 0 aromatic heterocycles. The van der Waals surface area contributed by atoms with Gasteiger partial charge in [-0.1, -0.05) is 12.1 Å². The van der Waals surface area contributed by atoms with Crippen molar-refractivity contribution in [3.8, 4) is 0 Å². The molecule has 5 heteroatoms. The van der Waals surface area contributed by atoms with E-state index in [1.807, 2.05) is 0 Å². The van der Waals surface area contributed by atoms with Crippen molar-refractivity contribution in [1.82, 2.24) is 10.6 Å². The van der Waals surface area contributed by atoms with Gasteiger partial charge in [0.1, 0.15) is 0 Å². The molecule has 0 saturated carbocycles. The molecule has 1 aromatic carbocycles. The van der Waals surface area contributed by atoms with Gasteiger partial charge in [-0.15, -0.1) is 0 Å². The van der Waals surface area contributed by atoms with Crippen molar-refractivity contribution in [3.05, 3.63) is 35.4 Å². The summed E-state index contributed by atoms with van der Waals surface area (Å²) in [7, 11) is 0. The van der Waals surface area contributed by atoms with Crippen LogP contribution < -0.4 is 10.6 Å². The van der Waals surface area contributed by atoms with Gasteiger partial charge in [-0.25, -0.2) is 4.79 Å². The van der Waals surface area contributed by atoms with Crippen molar-refractivity contribution in [2.24, 2.45) is 5.92 Å². The fraction of sp³-hybridized carbons (Fsp3) is 0.467.